The van der Waals surface area contributed by atoms with Crippen molar-refractivity contribution in [3.05, 3.63) is 0 Å². The lowest BCUT2D eigenvalue weighted by Crippen LogP contribution is -2.64. The van der Waals surface area contributed by atoms with Crippen LogP contribution in [0.25, 0.3) is 0 Å². The Labute approximate surface area is 90.5 Å². The van der Waals surface area contributed by atoms with Crippen LogP contribution in [0.3, 0.4) is 0 Å². The Balaban J connectivity index is 2.01. The molecule has 0 aromatic carbocycles. The molecular formula is C11H19NO3. The minimum Gasteiger partial charge on any atom is -0.375 e. The fourth-order valence-electron chi connectivity index (χ4n) is 2.00. The predicted molar refractivity (Wildman–Crippen MR) is 55.5 cm³/mol. The van der Waals surface area contributed by atoms with Crippen LogP contribution in [0.1, 0.15) is 20.8 Å². The third-order valence-corrected chi connectivity index (χ3v) is 2.91. The van der Waals surface area contributed by atoms with Gasteiger partial charge in [-0.25, -0.2) is 0 Å². The average molecular weight is 213 g/mol. The van der Waals surface area contributed by atoms with Crippen LogP contribution >= 0.6 is 0 Å². The van der Waals surface area contributed by atoms with E-state index in [-0.39, 0.29) is 16.9 Å². The second-order valence-corrected chi connectivity index (χ2v) is 5.50. The van der Waals surface area contributed by atoms with Gasteiger partial charge in [0.15, 0.2) is 0 Å². The van der Waals surface area contributed by atoms with Crippen LogP contribution in [0.4, 0.5) is 0 Å². The SMILES string of the molecule is CC(C)(C)C(=O)N1CCOC2(COC2)C1. The lowest BCUT2D eigenvalue weighted by molar-refractivity contribution is -0.238. The van der Waals surface area contributed by atoms with Crippen molar-refractivity contribution in [1.82, 2.24) is 4.90 Å². The highest BCUT2D eigenvalue weighted by molar-refractivity contribution is 5.81. The maximum Gasteiger partial charge on any atom is 0.228 e. The molecule has 1 amide bonds. The van der Waals surface area contributed by atoms with Gasteiger partial charge >= 0.3 is 0 Å². The molecule has 4 nitrogen and oxygen atoms in total. The van der Waals surface area contributed by atoms with Gasteiger partial charge in [0.2, 0.25) is 5.91 Å². The molecule has 0 N–H and O–H groups in total. The highest BCUT2D eigenvalue weighted by Crippen LogP contribution is 2.28. The summed E-state index contributed by atoms with van der Waals surface area (Å²) in [6.07, 6.45) is 0. The number of nitrogens with zero attached hydrogens (tertiary/aromatic N) is 1. The van der Waals surface area contributed by atoms with Gasteiger partial charge in [0.1, 0.15) is 5.60 Å². The van der Waals surface area contributed by atoms with Crippen molar-refractivity contribution in [3.8, 4) is 0 Å². The van der Waals surface area contributed by atoms with Crippen LogP contribution in [0, 0.1) is 5.41 Å². The van der Waals surface area contributed by atoms with Crippen molar-refractivity contribution in [1.29, 1.82) is 0 Å². The smallest absolute Gasteiger partial charge is 0.228 e. The first-order chi connectivity index (χ1) is 6.93. The Hall–Kier alpha value is -0.610. The average Bonchev–Trinajstić information content (AvgIpc) is 2.13. The summed E-state index contributed by atoms with van der Waals surface area (Å²) in [4.78, 5) is 14.0. The third kappa shape index (κ3) is 2.01. The molecule has 2 rings (SSSR count). The molecule has 0 aromatic rings. The monoisotopic (exact) mass is 213 g/mol. The van der Waals surface area contributed by atoms with Gasteiger partial charge in [0, 0.05) is 12.0 Å². The number of hydrogen-bond acceptors (Lipinski definition) is 3. The van der Waals surface area contributed by atoms with Crippen molar-refractivity contribution in [2.45, 2.75) is 26.4 Å². The zero-order valence-corrected chi connectivity index (χ0v) is 9.71. The zero-order valence-electron chi connectivity index (χ0n) is 9.71. The molecule has 15 heavy (non-hydrogen) atoms. The highest BCUT2D eigenvalue weighted by atomic mass is 16.6. The molecule has 86 valence electrons. The van der Waals surface area contributed by atoms with Gasteiger partial charge in [-0.05, 0) is 0 Å². The number of hydrogen-bond donors (Lipinski definition) is 0. The van der Waals surface area contributed by atoms with Crippen LogP contribution < -0.4 is 0 Å². The fraction of sp³-hybridized carbons (Fsp3) is 0.909. The van der Waals surface area contributed by atoms with E-state index >= 15 is 0 Å². The molecule has 0 aliphatic carbocycles. The molecule has 0 atom stereocenters. The largest absolute Gasteiger partial charge is 0.375 e. The Morgan fingerprint density at radius 1 is 1.33 bits per heavy atom. The molecule has 2 fully saturated rings. The van der Waals surface area contributed by atoms with Crippen molar-refractivity contribution in [2.75, 3.05) is 32.9 Å². The maximum atomic E-state index is 12.1. The Morgan fingerprint density at radius 3 is 2.47 bits per heavy atom. The molecule has 0 saturated carbocycles. The molecule has 0 unspecified atom stereocenters. The highest BCUT2D eigenvalue weighted by Gasteiger charge is 2.45. The fourth-order valence-corrected chi connectivity index (χ4v) is 2.00. The normalized spacial score (nSPS) is 25.1. The Bertz CT molecular complexity index is 265. The number of carbonyl (C=O) groups is 1. The van der Waals surface area contributed by atoms with Gasteiger partial charge < -0.3 is 14.4 Å². The van der Waals surface area contributed by atoms with Crippen molar-refractivity contribution in [3.63, 3.8) is 0 Å². The molecule has 4 heteroatoms. The molecule has 2 aliphatic rings. The summed E-state index contributed by atoms with van der Waals surface area (Å²) in [5, 5.41) is 0. The van der Waals surface area contributed by atoms with Crippen LogP contribution in [0.5, 0.6) is 0 Å². The van der Waals surface area contributed by atoms with Crippen LogP contribution in [0.2, 0.25) is 0 Å². The van der Waals surface area contributed by atoms with Crippen molar-refractivity contribution < 1.29 is 14.3 Å². The molecule has 2 heterocycles. The second-order valence-electron chi connectivity index (χ2n) is 5.50. The Kier molecular flexibility index (Phi) is 2.51. The topological polar surface area (TPSA) is 38.8 Å². The number of morpholine rings is 1. The molecule has 0 bridgehead atoms. The van der Waals surface area contributed by atoms with E-state index < -0.39 is 0 Å². The summed E-state index contributed by atoms with van der Waals surface area (Å²) in [7, 11) is 0. The van der Waals surface area contributed by atoms with Crippen molar-refractivity contribution >= 4 is 5.91 Å². The van der Waals surface area contributed by atoms with Crippen LogP contribution in [0.15, 0.2) is 0 Å². The summed E-state index contributed by atoms with van der Waals surface area (Å²) < 4.78 is 10.8. The standard InChI is InChI=1S/C11H19NO3/c1-10(2,3)9(13)12-4-5-15-11(6-12)7-14-8-11/h4-8H2,1-3H3. The molecule has 1 spiro atoms. The van der Waals surface area contributed by atoms with E-state index in [0.717, 1.165) is 0 Å². The van der Waals surface area contributed by atoms with Gasteiger partial charge in [-0.1, -0.05) is 20.8 Å². The number of ether oxygens (including phenoxy) is 2. The minimum atomic E-state index is -0.302. The van der Waals surface area contributed by atoms with E-state index in [1.165, 1.54) is 0 Å². The summed E-state index contributed by atoms with van der Waals surface area (Å²) >= 11 is 0. The third-order valence-electron chi connectivity index (χ3n) is 2.91. The molecular weight excluding hydrogens is 194 g/mol. The first kappa shape index (κ1) is 10.9. The molecule has 2 aliphatic heterocycles. The quantitative estimate of drug-likeness (QED) is 0.593. The first-order valence-electron chi connectivity index (χ1n) is 5.44. The summed E-state index contributed by atoms with van der Waals surface area (Å²) in [6.45, 7) is 9.13. The number of carbonyl (C=O) groups excluding carboxylic acids is 1. The van der Waals surface area contributed by atoms with E-state index in [1.807, 2.05) is 25.7 Å². The summed E-state index contributed by atoms with van der Waals surface area (Å²) in [6, 6.07) is 0. The lowest BCUT2D eigenvalue weighted by Gasteiger charge is -2.48. The molecule has 0 aromatic heterocycles. The van der Waals surface area contributed by atoms with Crippen molar-refractivity contribution in [2.24, 2.45) is 5.41 Å². The van der Waals surface area contributed by atoms with E-state index in [4.69, 9.17) is 9.47 Å². The van der Waals surface area contributed by atoms with Gasteiger partial charge in [-0.3, -0.25) is 4.79 Å². The first-order valence-corrected chi connectivity index (χ1v) is 5.44. The van der Waals surface area contributed by atoms with E-state index in [9.17, 15) is 4.79 Å². The molecule has 2 saturated heterocycles. The van der Waals surface area contributed by atoms with E-state index in [2.05, 4.69) is 0 Å². The molecule has 0 radical (unpaired) electrons. The lowest BCUT2D eigenvalue weighted by atomic mass is 9.92. The van der Waals surface area contributed by atoms with Gasteiger partial charge in [-0.15, -0.1) is 0 Å². The Morgan fingerprint density at radius 2 is 2.00 bits per heavy atom. The van der Waals surface area contributed by atoms with E-state index in [1.54, 1.807) is 0 Å². The van der Waals surface area contributed by atoms with Crippen LogP contribution in [-0.4, -0.2) is 49.3 Å². The summed E-state index contributed by atoms with van der Waals surface area (Å²) in [5.41, 5.74) is -0.498. The van der Waals surface area contributed by atoms with Gasteiger partial charge in [0.05, 0.1) is 26.4 Å². The number of rotatable bonds is 0. The van der Waals surface area contributed by atoms with Gasteiger partial charge in [0.25, 0.3) is 0 Å². The minimum absolute atomic E-state index is 0.195. The second kappa shape index (κ2) is 3.46. The maximum absolute atomic E-state index is 12.1. The zero-order chi connectivity index (χ0) is 11.1. The summed E-state index contributed by atoms with van der Waals surface area (Å²) in [5.74, 6) is 0.206. The predicted octanol–water partition coefficient (Wildman–Crippen LogP) is 0.660. The van der Waals surface area contributed by atoms with E-state index in [0.29, 0.717) is 32.9 Å². The van der Waals surface area contributed by atoms with Crippen LogP contribution in [-0.2, 0) is 14.3 Å². The van der Waals surface area contributed by atoms with Gasteiger partial charge in [-0.2, -0.15) is 0 Å². The number of amides is 1.